The van der Waals surface area contributed by atoms with Crippen molar-refractivity contribution in [2.45, 2.75) is 52.6 Å². The lowest BCUT2D eigenvalue weighted by atomic mass is 9.80. The molecule has 3 unspecified atom stereocenters. The van der Waals surface area contributed by atoms with Crippen molar-refractivity contribution in [1.82, 2.24) is 0 Å². The van der Waals surface area contributed by atoms with Gasteiger partial charge in [-0.3, -0.25) is 0 Å². The van der Waals surface area contributed by atoms with Crippen molar-refractivity contribution in [2.75, 3.05) is 6.61 Å². The zero-order valence-corrected chi connectivity index (χ0v) is 14.2. The molecule has 3 atom stereocenters. The zero-order valence-electron chi connectivity index (χ0n) is 14.2. The highest BCUT2D eigenvalue weighted by Crippen LogP contribution is 2.31. The first kappa shape index (κ1) is 17.5. The van der Waals surface area contributed by atoms with Crippen LogP contribution in [0.4, 0.5) is 0 Å². The summed E-state index contributed by atoms with van der Waals surface area (Å²) in [5, 5.41) is 0. The Morgan fingerprint density at radius 3 is 2.43 bits per heavy atom. The maximum absolute atomic E-state index is 12.3. The van der Waals surface area contributed by atoms with Gasteiger partial charge >= 0.3 is 11.9 Å². The van der Waals surface area contributed by atoms with Crippen molar-refractivity contribution in [3.8, 4) is 0 Å². The third-order valence-electron chi connectivity index (χ3n) is 4.60. The number of carbonyl (C=O) groups is 2. The molecular formula is C19H26O4. The molecule has 126 valence electrons. The van der Waals surface area contributed by atoms with Gasteiger partial charge in [0.1, 0.15) is 6.10 Å². The van der Waals surface area contributed by atoms with Gasteiger partial charge in [0.15, 0.2) is 0 Å². The Morgan fingerprint density at radius 1 is 1.09 bits per heavy atom. The van der Waals surface area contributed by atoms with Crippen LogP contribution in [0.1, 0.15) is 67.2 Å². The molecular weight excluding hydrogens is 292 g/mol. The van der Waals surface area contributed by atoms with Crippen LogP contribution in [0.3, 0.4) is 0 Å². The fraction of sp³-hybridized carbons (Fsp3) is 0.579. The van der Waals surface area contributed by atoms with Crippen LogP contribution in [0.15, 0.2) is 24.3 Å². The van der Waals surface area contributed by atoms with Gasteiger partial charge in [-0.1, -0.05) is 26.8 Å². The number of carbonyl (C=O) groups excluding carboxylic acids is 2. The smallest absolute Gasteiger partial charge is 0.338 e. The molecule has 1 fully saturated rings. The molecule has 1 aromatic rings. The van der Waals surface area contributed by atoms with Gasteiger partial charge in [-0.2, -0.15) is 0 Å². The molecule has 1 aromatic carbocycles. The van der Waals surface area contributed by atoms with E-state index in [9.17, 15) is 9.59 Å². The third-order valence-corrected chi connectivity index (χ3v) is 4.60. The molecule has 0 N–H and O–H groups in total. The van der Waals surface area contributed by atoms with Gasteiger partial charge in [0.05, 0.1) is 17.7 Å². The molecule has 1 aliphatic rings. The maximum Gasteiger partial charge on any atom is 0.338 e. The summed E-state index contributed by atoms with van der Waals surface area (Å²) >= 11 is 0. The summed E-state index contributed by atoms with van der Waals surface area (Å²) in [6, 6.07) is 6.56. The van der Waals surface area contributed by atoms with Crippen molar-refractivity contribution in [3.05, 3.63) is 35.4 Å². The highest BCUT2D eigenvalue weighted by molar-refractivity contribution is 5.95. The van der Waals surface area contributed by atoms with Crippen molar-refractivity contribution >= 4 is 11.9 Å². The molecule has 0 aliphatic heterocycles. The normalized spacial score (nSPS) is 24.0. The molecule has 23 heavy (non-hydrogen) atoms. The first-order valence-electron chi connectivity index (χ1n) is 8.49. The summed E-state index contributed by atoms with van der Waals surface area (Å²) in [6.07, 6.45) is 3.65. The van der Waals surface area contributed by atoms with Gasteiger partial charge in [-0.25, -0.2) is 9.59 Å². The van der Waals surface area contributed by atoms with E-state index in [0.29, 0.717) is 29.6 Å². The Kier molecular flexibility index (Phi) is 6.20. The standard InChI is InChI=1S/C19H26O4/c1-4-10-22-18(20)15-6-5-7-16(12-15)19(21)23-17-9-8-13(2)14(3)11-17/h5-7,12-14,17H,4,8-11H2,1-3H3. The molecule has 0 aromatic heterocycles. The second kappa shape index (κ2) is 8.14. The summed E-state index contributed by atoms with van der Waals surface area (Å²) < 4.78 is 10.7. The second-order valence-electron chi connectivity index (χ2n) is 6.51. The molecule has 0 saturated heterocycles. The highest BCUT2D eigenvalue weighted by atomic mass is 16.5. The van der Waals surface area contributed by atoms with Gasteiger partial charge in [-0.15, -0.1) is 0 Å². The molecule has 0 amide bonds. The van der Waals surface area contributed by atoms with Crippen LogP contribution in [0, 0.1) is 11.8 Å². The molecule has 0 heterocycles. The van der Waals surface area contributed by atoms with Crippen molar-refractivity contribution in [2.24, 2.45) is 11.8 Å². The van der Waals surface area contributed by atoms with E-state index < -0.39 is 5.97 Å². The minimum Gasteiger partial charge on any atom is -0.462 e. The number of rotatable bonds is 5. The van der Waals surface area contributed by atoms with Crippen molar-refractivity contribution in [3.63, 3.8) is 0 Å². The monoisotopic (exact) mass is 318 g/mol. The Balaban J connectivity index is 1.98. The Labute approximate surface area is 138 Å². The minimum atomic E-state index is -0.401. The molecule has 0 radical (unpaired) electrons. The zero-order chi connectivity index (χ0) is 16.8. The van der Waals surface area contributed by atoms with Gasteiger partial charge in [0, 0.05) is 0 Å². The summed E-state index contributed by atoms with van der Waals surface area (Å²) in [6.45, 7) is 6.77. The average Bonchev–Trinajstić information content (AvgIpc) is 2.56. The lowest BCUT2D eigenvalue weighted by molar-refractivity contribution is 0.00878. The summed E-state index contributed by atoms with van der Waals surface area (Å²) in [5.41, 5.74) is 0.792. The lowest BCUT2D eigenvalue weighted by Gasteiger charge is -2.31. The first-order valence-corrected chi connectivity index (χ1v) is 8.49. The fourth-order valence-electron chi connectivity index (χ4n) is 2.88. The molecule has 1 aliphatic carbocycles. The van der Waals surface area contributed by atoms with Crippen LogP contribution in [0.5, 0.6) is 0 Å². The number of benzene rings is 1. The number of esters is 2. The van der Waals surface area contributed by atoms with E-state index in [2.05, 4.69) is 13.8 Å². The van der Waals surface area contributed by atoms with Crippen molar-refractivity contribution in [1.29, 1.82) is 0 Å². The van der Waals surface area contributed by atoms with E-state index in [0.717, 1.165) is 25.7 Å². The second-order valence-corrected chi connectivity index (χ2v) is 6.51. The Hall–Kier alpha value is -1.84. The van der Waals surface area contributed by atoms with E-state index >= 15 is 0 Å². The van der Waals surface area contributed by atoms with Crippen LogP contribution >= 0.6 is 0 Å². The molecule has 0 spiro atoms. The maximum atomic E-state index is 12.3. The van der Waals surface area contributed by atoms with Gasteiger partial charge in [0.2, 0.25) is 0 Å². The third kappa shape index (κ3) is 4.81. The molecule has 0 bridgehead atoms. The van der Waals surface area contributed by atoms with Crippen LogP contribution < -0.4 is 0 Å². The van der Waals surface area contributed by atoms with E-state index in [4.69, 9.17) is 9.47 Å². The highest BCUT2D eigenvalue weighted by Gasteiger charge is 2.27. The fourth-order valence-corrected chi connectivity index (χ4v) is 2.88. The number of hydrogen-bond acceptors (Lipinski definition) is 4. The lowest BCUT2D eigenvalue weighted by Crippen LogP contribution is -2.28. The van der Waals surface area contributed by atoms with E-state index in [1.165, 1.54) is 0 Å². The SMILES string of the molecule is CCCOC(=O)c1cccc(C(=O)OC2CCC(C)C(C)C2)c1. The molecule has 2 rings (SSSR count). The Bertz CT molecular complexity index is 552. The van der Waals surface area contributed by atoms with Crippen LogP contribution in [-0.2, 0) is 9.47 Å². The number of ether oxygens (including phenoxy) is 2. The van der Waals surface area contributed by atoms with Gasteiger partial charge in [0.25, 0.3) is 0 Å². The van der Waals surface area contributed by atoms with Crippen molar-refractivity contribution < 1.29 is 19.1 Å². The number of hydrogen-bond donors (Lipinski definition) is 0. The summed E-state index contributed by atoms with van der Waals surface area (Å²) in [5.74, 6) is 0.488. The Morgan fingerprint density at radius 2 is 1.78 bits per heavy atom. The van der Waals surface area contributed by atoms with Gasteiger partial charge in [-0.05, 0) is 55.7 Å². The van der Waals surface area contributed by atoms with E-state index in [-0.39, 0.29) is 12.1 Å². The summed E-state index contributed by atoms with van der Waals surface area (Å²) in [7, 11) is 0. The van der Waals surface area contributed by atoms with Crippen LogP contribution in [0.2, 0.25) is 0 Å². The van der Waals surface area contributed by atoms with Crippen LogP contribution in [-0.4, -0.2) is 24.6 Å². The van der Waals surface area contributed by atoms with E-state index in [1.807, 2.05) is 6.92 Å². The molecule has 4 heteroatoms. The molecule has 4 nitrogen and oxygen atoms in total. The predicted molar refractivity (Wildman–Crippen MR) is 88.4 cm³/mol. The largest absolute Gasteiger partial charge is 0.462 e. The molecule has 1 saturated carbocycles. The minimum absolute atomic E-state index is 0.0237. The summed E-state index contributed by atoms with van der Waals surface area (Å²) in [4.78, 5) is 24.2. The van der Waals surface area contributed by atoms with E-state index in [1.54, 1.807) is 24.3 Å². The first-order chi connectivity index (χ1) is 11.0. The van der Waals surface area contributed by atoms with Crippen LogP contribution in [0.25, 0.3) is 0 Å². The topological polar surface area (TPSA) is 52.6 Å². The van der Waals surface area contributed by atoms with Gasteiger partial charge < -0.3 is 9.47 Å². The average molecular weight is 318 g/mol. The predicted octanol–water partition coefficient (Wildman–Crippen LogP) is 4.23. The quantitative estimate of drug-likeness (QED) is 0.762.